The Kier molecular flexibility index (Phi) is 11.4. The number of hydrogen-bond donors (Lipinski definition) is 4. The molecule has 0 saturated heterocycles. The van der Waals surface area contributed by atoms with E-state index < -0.39 is 35.7 Å². The topological polar surface area (TPSA) is 98.7 Å². The Morgan fingerprint density at radius 3 is 2.31 bits per heavy atom. The molecular weight excluding hydrogens is 382 g/mol. The highest BCUT2D eigenvalue weighted by Crippen LogP contribution is 2.15. The molecule has 0 heterocycles. The lowest BCUT2D eigenvalue weighted by molar-refractivity contribution is -0.123. The molecule has 6 nitrogen and oxygen atoms in total. The van der Waals surface area contributed by atoms with E-state index in [2.05, 4.69) is 10.6 Å². The molecule has 1 rings (SSSR count). The Bertz CT molecular complexity index is 637. The van der Waals surface area contributed by atoms with Crippen molar-refractivity contribution in [1.82, 2.24) is 10.6 Å². The van der Waals surface area contributed by atoms with Crippen molar-refractivity contribution in [3.63, 3.8) is 0 Å². The first kappa shape index (κ1) is 25.0. The molecular formula is C21H32F2N2O4. The highest BCUT2D eigenvalue weighted by Gasteiger charge is 2.25. The van der Waals surface area contributed by atoms with E-state index in [0.29, 0.717) is 12.0 Å². The Morgan fingerprint density at radius 1 is 1.10 bits per heavy atom. The van der Waals surface area contributed by atoms with Gasteiger partial charge in [-0.1, -0.05) is 19.8 Å². The number of halogens is 2. The van der Waals surface area contributed by atoms with E-state index in [0.717, 1.165) is 37.5 Å². The molecule has 0 aliphatic rings. The first-order valence-corrected chi connectivity index (χ1v) is 10.1. The fraction of sp³-hybridized carbons (Fsp3) is 0.619. The number of nitrogens with one attached hydrogen (secondary N) is 2. The van der Waals surface area contributed by atoms with Crippen LogP contribution in [0.25, 0.3) is 0 Å². The van der Waals surface area contributed by atoms with Gasteiger partial charge >= 0.3 is 0 Å². The fourth-order valence-corrected chi connectivity index (χ4v) is 3.22. The van der Waals surface area contributed by atoms with Gasteiger partial charge in [-0.25, -0.2) is 8.78 Å². The predicted molar refractivity (Wildman–Crippen MR) is 106 cm³/mol. The van der Waals surface area contributed by atoms with Gasteiger partial charge in [0, 0.05) is 32.1 Å². The van der Waals surface area contributed by atoms with Crippen molar-refractivity contribution < 1.29 is 28.6 Å². The molecule has 1 aromatic rings. The van der Waals surface area contributed by atoms with E-state index in [1.165, 1.54) is 6.92 Å². The first-order valence-electron chi connectivity index (χ1n) is 10.1. The molecule has 164 valence electrons. The molecule has 1 unspecified atom stereocenters. The molecule has 29 heavy (non-hydrogen) atoms. The second-order valence-corrected chi connectivity index (χ2v) is 7.33. The van der Waals surface area contributed by atoms with Crippen molar-refractivity contribution >= 4 is 11.8 Å². The number of carbonyl (C=O) groups excluding carboxylic acids is 2. The number of unbranched alkanes of at least 4 members (excludes halogenated alkanes) is 2. The summed E-state index contributed by atoms with van der Waals surface area (Å²) in [5.41, 5.74) is 0.294. The van der Waals surface area contributed by atoms with Crippen LogP contribution >= 0.6 is 0 Å². The third-order valence-electron chi connectivity index (χ3n) is 4.61. The van der Waals surface area contributed by atoms with Crippen molar-refractivity contribution in [2.45, 2.75) is 77.0 Å². The Balaban J connectivity index is 2.80. The van der Waals surface area contributed by atoms with Gasteiger partial charge in [-0.05, 0) is 43.4 Å². The van der Waals surface area contributed by atoms with Crippen LogP contribution in [-0.2, 0) is 16.0 Å². The maximum Gasteiger partial charge on any atom is 0.220 e. The lowest BCUT2D eigenvalue weighted by Gasteiger charge is -2.28. The standard InChI is InChI=1S/C21H32F2N2O4/c1-3-4-5-6-21(29)25-18(7-8-26)13-20(28)19(24-14(2)27)11-15-9-16(22)12-17(23)10-15/h9-10,12,18-20,26,28H,3-8,11,13H2,1-2H3,(H,24,27)(H,25,29)/t18?,19-,20-/m0/s1. The molecule has 0 fully saturated rings. The van der Waals surface area contributed by atoms with Crippen LogP contribution in [0, 0.1) is 11.6 Å². The second kappa shape index (κ2) is 13.2. The van der Waals surface area contributed by atoms with Gasteiger partial charge in [-0.15, -0.1) is 0 Å². The van der Waals surface area contributed by atoms with E-state index in [4.69, 9.17) is 0 Å². The van der Waals surface area contributed by atoms with Gasteiger partial charge in [0.05, 0.1) is 12.1 Å². The minimum Gasteiger partial charge on any atom is -0.396 e. The van der Waals surface area contributed by atoms with Gasteiger partial charge in [0.25, 0.3) is 0 Å². The fourth-order valence-electron chi connectivity index (χ4n) is 3.22. The molecule has 1 aromatic carbocycles. The van der Waals surface area contributed by atoms with Gasteiger partial charge in [0.1, 0.15) is 11.6 Å². The van der Waals surface area contributed by atoms with E-state index in [9.17, 15) is 28.6 Å². The zero-order chi connectivity index (χ0) is 21.8. The maximum atomic E-state index is 13.5. The van der Waals surface area contributed by atoms with Gasteiger partial charge < -0.3 is 20.8 Å². The van der Waals surface area contributed by atoms with Gasteiger partial charge in [0.15, 0.2) is 0 Å². The second-order valence-electron chi connectivity index (χ2n) is 7.33. The number of benzene rings is 1. The maximum absolute atomic E-state index is 13.5. The molecule has 4 N–H and O–H groups in total. The zero-order valence-corrected chi connectivity index (χ0v) is 17.1. The summed E-state index contributed by atoms with van der Waals surface area (Å²) in [6.07, 6.45) is 2.32. The molecule has 3 atom stereocenters. The summed E-state index contributed by atoms with van der Waals surface area (Å²) in [5, 5.41) is 25.3. The van der Waals surface area contributed by atoms with Crippen molar-refractivity contribution in [3.05, 3.63) is 35.4 Å². The largest absolute Gasteiger partial charge is 0.396 e. The smallest absolute Gasteiger partial charge is 0.220 e. The van der Waals surface area contributed by atoms with E-state index >= 15 is 0 Å². The molecule has 2 amide bonds. The number of hydrogen-bond acceptors (Lipinski definition) is 4. The average molecular weight is 414 g/mol. The van der Waals surface area contributed by atoms with Crippen LogP contribution < -0.4 is 10.6 Å². The SMILES string of the molecule is CCCCCC(=O)NC(CCO)C[C@H](O)[C@H](Cc1cc(F)cc(F)c1)NC(C)=O. The van der Waals surface area contributed by atoms with Crippen LogP contribution in [-0.4, -0.2) is 46.8 Å². The molecule has 0 bridgehead atoms. The lowest BCUT2D eigenvalue weighted by atomic mass is 9.95. The van der Waals surface area contributed by atoms with Crippen LogP contribution in [0.5, 0.6) is 0 Å². The van der Waals surface area contributed by atoms with Crippen molar-refractivity contribution in [2.75, 3.05) is 6.61 Å². The van der Waals surface area contributed by atoms with Crippen molar-refractivity contribution in [2.24, 2.45) is 0 Å². The number of rotatable bonds is 13. The van der Waals surface area contributed by atoms with E-state index in [-0.39, 0.29) is 31.8 Å². The van der Waals surface area contributed by atoms with Gasteiger partial charge in [0.2, 0.25) is 11.8 Å². The highest BCUT2D eigenvalue weighted by molar-refractivity contribution is 5.76. The first-order chi connectivity index (χ1) is 13.7. The molecule has 8 heteroatoms. The highest BCUT2D eigenvalue weighted by atomic mass is 19.1. The summed E-state index contributed by atoms with van der Waals surface area (Å²) < 4.78 is 26.9. The number of aliphatic hydroxyl groups is 2. The van der Waals surface area contributed by atoms with E-state index in [1.807, 2.05) is 6.92 Å². The van der Waals surface area contributed by atoms with Crippen LogP contribution in [0.15, 0.2) is 18.2 Å². The molecule has 0 aliphatic carbocycles. The summed E-state index contributed by atoms with van der Waals surface area (Å²) in [6, 6.07) is 1.76. The number of amides is 2. The quantitative estimate of drug-likeness (QED) is 0.372. The third-order valence-corrected chi connectivity index (χ3v) is 4.61. The van der Waals surface area contributed by atoms with Crippen molar-refractivity contribution in [1.29, 1.82) is 0 Å². The van der Waals surface area contributed by atoms with Gasteiger partial charge in [-0.2, -0.15) is 0 Å². The molecule has 0 aromatic heterocycles. The molecule has 0 radical (unpaired) electrons. The summed E-state index contributed by atoms with van der Waals surface area (Å²) in [4.78, 5) is 23.6. The third kappa shape index (κ3) is 10.3. The number of aliphatic hydroxyl groups excluding tert-OH is 2. The summed E-state index contributed by atoms with van der Waals surface area (Å²) in [7, 11) is 0. The lowest BCUT2D eigenvalue weighted by Crippen LogP contribution is -2.47. The monoisotopic (exact) mass is 414 g/mol. The summed E-state index contributed by atoms with van der Waals surface area (Å²) >= 11 is 0. The summed E-state index contributed by atoms with van der Waals surface area (Å²) in [6.45, 7) is 3.15. The average Bonchev–Trinajstić information content (AvgIpc) is 2.60. The summed E-state index contributed by atoms with van der Waals surface area (Å²) in [5.74, 6) is -2.04. The predicted octanol–water partition coefficient (Wildman–Crippen LogP) is 2.21. The van der Waals surface area contributed by atoms with E-state index in [1.54, 1.807) is 0 Å². The Hall–Kier alpha value is -2.06. The molecule has 0 saturated carbocycles. The van der Waals surface area contributed by atoms with Crippen LogP contribution in [0.4, 0.5) is 8.78 Å². The molecule has 0 spiro atoms. The van der Waals surface area contributed by atoms with Crippen molar-refractivity contribution in [3.8, 4) is 0 Å². The molecule has 0 aliphatic heterocycles. The van der Waals surface area contributed by atoms with Crippen LogP contribution in [0.3, 0.4) is 0 Å². The van der Waals surface area contributed by atoms with Gasteiger partial charge in [-0.3, -0.25) is 9.59 Å². The minimum atomic E-state index is -1.09. The van der Waals surface area contributed by atoms with Crippen LogP contribution in [0.1, 0.15) is 57.9 Å². The zero-order valence-electron chi connectivity index (χ0n) is 17.1. The minimum absolute atomic E-state index is 0.0196. The van der Waals surface area contributed by atoms with Crippen LogP contribution in [0.2, 0.25) is 0 Å². The Morgan fingerprint density at radius 2 is 1.76 bits per heavy atom. The Labute approximate surface area is 170 Å². The normalized spacial score (nSPS) is 14.1. The number of carbonyl (C=O) groups is 2.